The Morgan fingerprint density at radius 1 is 1.19 bits per heavy atom. The number of rotatable bonds is 5. The molecule has 0 bridgehead atoms. The van der Waals surface area contributed by atoms with E-state index >= 15 is 0 Å². The van der Waals surface area contributed by atoms with Crippen LogP contribution in [0.2, 0.25) is 5.02 Å². The van der Waals surface area contributed by atoms with Gasteiger partial charge in [-0.05, 0) is 24.3 Å². The second kappa shape index (κ2) is 8.22. The molecule has 0 radical (unpaired) electrons. The Hall–Kier alpha value is -2.87. The lowest BCUT2D eigenvalue weighted by Gasteiger charge is -2.35. The van der Waals surface area contributed by atoms with Crippen LogP contribution in [-0.4, -0.2) is 48.5 Å². The van der Waals surface area contributed by atoms with Crippen LogP contribution in [-0.2, 0) is 4.79 Å². The number of anilines is 1. The van der Waals surface area contributed by atoms with Gasteiger partial charge in [0, 0.05) is 43.3 Å². The molecule has 1 aliphatic rings. The molecule has 3 rings (SSSR count). The first-order chi connectivity index (χ1) is 12.9. The van der Waals surface area contributed by atoms with Crippen LogP contribution in [0, 0.1) is 15.9 Å². The molecule has 7 nitrogen and oxygen atoms in total. The largest absolute Gasteiger partial charge is 0.484 e. The molecule has 0 aliphatic carbocycles. The molecule has 1 saturated heterocycles. The van der Waals surface area contributed by atoms with Gasteiger partial charge in [0.15, 0.2) is 6.61 Å². The van der Waals surface area contributed by atoms with Crippen molar-refractivity contribution in [3.05, 3.63) is 63.4 Å². The van der Waals surface area contributed by atoms with E-state index in [-0.39, 0.29) is 18.2 Å². The van der Waals surface area contributed by atoms with Gasteiger partial charge in [0.05, 0.1) is 4.92 Å². The van der Waals surface area contributed by atoms with Gasteiger partial charge in [-0.2, -0.15) is 0 Å². The molecule has 0 spiro atoms. The zero-order valence-corrected chi connectivity index (χ0v) is 15.1. The third-order valence-electron chi connectivity index (χ3n) is 4.27. The number of benzene rings is 2. The summed E-state index contributed by atoms with van der Waals surface area (Å²) in [5.74, 6) is -0.360. The van der Waals surface area contributed by atoms with Crippen molar-refractivity contribution in [2.45, 2.75) is 0 Å². The first-order valence-electron chi connectivity index (χ1n) is 8.29. The third kappa shape index (κ3) is 4.65. The standard InChI is InChI=1S/C18H17ClFN3O4/c19-13-4-5-16(17(10-13)23(25)26)21-6-8-22(9-7-21)18(24)12-27-15-3-1-2-14(20)11-15/h1-5,10-11H,6-9,12H2. The van der Waals surface area contributed by atoms with Gasteiger partial charge < -0.3 is 14.5 Å². The van der Waals surface area contributed by atoms with Crippen LogP contribution in [0.4, 0.5) is 15.8 Å². The summed E-state index contributed by atoms with van der Waals surface area (Å²) in [5.41, 5.74) is 0.421. The van der Waals surface area contributed by atoms with E-state index in [2.05, 4.69) is 0 Å². The van der Waals surface area contributed by atoms with Crippen molar-refractivity contribution in [3.63, 3.8) is 0 Å². The fourth-order valence-corrected chi connectivity index (χ4v) is 3.07. The van der Waals surface area contributed by atoms with Gasteiger partial charge in [-0.1, -0.05) is 17.7 Å². The summed E-state index contributed by atoms with van der Waals surface area (Å²) in [7, 11) is 0. The molecule has 1 fully saturated rings. The van der Waals surface area contributed by atoms with Crippen molar-refractivity contribution >= 4 is 28.9 Å². The molecule has 0 aromatic heterocycles. The SMILES string of the molecule is O=C(COc1cccc(F)c1)N1CCN(c2ccc(Cl)cc2[N+](=O)[O-])CC1. The van der Waals surface area contributed by atoms with Crippen LogP contribution in [0.3, 0.4) is 0 Å². The molecule has 0 unspecified atom stereocenters. The third-order valence-corrected chi connectivity index (χ3v) is 4.50. The van der Waals surface area contributed by atoms with Crippen molar-refractivity contribution in [1.82, 2.24) is 4.90 Å². The van der Waals surface area contributed by atoms with Crippen molar-refractivity contribution in [1.29, 1.82) is 0 Å². The van der Waals surface area contributed by atoms with E-state index < -0.39 is 10.7 Å². The summed E-state index contributed by atoms with van der Waals surface area (Å²) in [4.78, 5) is 26.5. The van der Waals surface area contributed by atoms with E-state index in [1.54, 1.807) is 23.1 Å². The van der Waals surface area contributed by atoms with Gasteiger partial charge in [-0.15, -0.1) is 0 Å². The topological polar surface area (TPSA) is 75.9 Å². The van der Waals surface area contributed by atoms with Gasteiger partial charge >= 0.3 is 0 Å². The van der Waals surface area contributed by atoms with Crippen molar-refractivity contribution in [2.75, 3.05) is 37.7 Å². The first kappa shape index (κ1) is 18.9. The number of carbonyl (C=O) groups excluding carboxylic acids is 1. The van der Waals surface area contributed by atoms with Crippen LogP contribution in [0.15, 0.2) is 42.5 Å². The Morgan fingerprint density at radius 3 is 2.59 bits per heavy atom. The summed E-state index contributed by atoms with van der Waals surface area (Å²) in [6, 6.07) is 10.1. The number of piperazine rings is 1. The summed E-state index contributed by atoms with van der Waals surface area (Å²) < 4.78 is 18.5. The Morgan fingerprint density at radius 2 is 1.93 bits per heavy atom. The van der Waals surface area contributed by atoms with Gasteiger partial charge in [0.2, 0.25) is 0 Å². The Labute approximate surface area is 160 Å². The number of nitro groups is 1. The normalized spacial score (nSPS) is 14.1. The van der Waals surface area contributed by atoms with Crippen molar-refractivity contribution < 1.29 is 18.8 Å². The molecule has 0 atom stereocenters. The number of amides is 1. The molecule has 27 heavy (non-hydrogen) atoms. The monoisotopic (exact) mass is 393 g/mol. The Balaban J connectivity index is 1.57. The number of ether oxygens (including phenoxy) is 1. The summed E-state index contributed by atoms with van der Waals surface area (Å²) in [6.07, 6.45) is 0. The minimum Gasteiger partial charge on any atom is -0.484 e. The number of nitrogens with zero attached hydrogens (tertiary/aromatic N) is 3. The number of carbonyl (C=O) groups is 1. The number of nitro benzene ring substituents is 1. The van der Waals surface area contributed by atoms with E-state index in [1.807, 2.05) is 4.90 Å². The zero-order valence-electron chi connectivity index (χ0n) is 14.3. The average Bonchev–Trinajstić information content (AvgIpc) is 2.66. The number of halogens is 2. The van der Waals surface area contributed by atoms with Gasteiger partial charge in [-0.3, -0.25) is 14.9 Å². The van der Waals surface area contributed by atoms with Crippen molar-refractivity contribution in [2.24, 2.45) is 0 Å². The van der Waals surface area contributed by atoms with E-state index in [4.69, 9.17) is 16.3 Å². The first-order valence-corrected chi connectivity index (χ1v) is 8.67. The highest BCUT2D eigenvalue weighted by Gasteiger charge is 2.26. The van der Waals surface area contributed by atoms with E-state index in [1.165, 1.54) is 24.3 Å². The average molecular weight is 394 g/mol. The molecule has 9 heteroatoms. The molecule has 0 saturated carbocycles. The van der Waals surface area contributed by atoms with Crippen LogP contribution in [0.1, 0.15) is 0 Å². The van der Waals surface area contributed by atoms with Crippen LogP contribution >= 0.6 is 11.6 Å². The predicted octanol–water partition coefficient (Wildman–Crippen LogP) is 3.11. The van der Waals surface area contributed by atoms with E-state index in [0.29, 0.717) is 42.6 Å². The smallest absolute Gasteiger partial charge is 0.294 e. The quantitative estimate of drug-likeness (QED) is 0.576. The fourth-order valence-electron chi connectivity index (χ4n) is 2.90. The van der Waals surface area contributed by atoms with E-state index in [0.717, 1.165) is 0 Å². The molecular weight excluding hydrogens is 377 g/mol. The molecule has 2 aromatic rings. The highest BCUT2D eigenvalue weighted by atomic mass is 35.5. The number of hydrogen-bond donors (Lipinski definition) is 0. The summed E-state index contributed by atoms with van der Waals surface area (Å²) in [5, 5.41) is 11.5. The molecule has 1 aliphatic heterocycles. The minimum atomic E-state index is -0.467. The highest BCUT2D eigenvalue weighted by Crippen LogP contribution is 2.31. The maximum Gasteiger partial charge on any atom is 0.294 e. The van der Waals surface area contributed by atoms with Gasteiger partial charge in [0.25, 0.3) is 11.6 Å². The van der Waals surface area contributed by atoms with Crippen molar-refractivity contribution in [3.8, 4) is 5.75 Å². The lowest BCUT2D eigenvalue weighted by molar-refractivity contribution is -0.384. The summed E-state index contributed by atoms with van der Waals surface area (Å²) >= 11 is 5.85. The molecule has 1 amide bonds. The molecule has 142 valence electrons. The maximum atomic E-state index is 13.1. The maximum absolute atomic E-state index is 13.1. The van der Waals surface area contributed by atoms with Crippen LogP contribution in [0.25, 0.3) is 0 Å². The summed E-state index contributed by atoms with van der Waals surface area (Å²) in [6.45, 7) is 1.53. The van der Waals surface area contributed by atoms with Crippen LogP contribution < -0.4 is 9.64 Å². The van der Waals surface area contributed by atoms with Gasteiger partial charge in [0.1, 0.15) is 17.3 Å². The van der Waals surface area contributed by atoms with E-state index in [9.17, 15) is 19.3 Å². The van der Waals surface area contributed by atoms with Gasteiger partial charge in [-0.25, -0.2) is 4.39 Å². The van der Waals surface area contributed by atoms with Crippen LogP contribution in [0.5, 0.6) is 5.75 Å². The molecular formula is C18H17ClFN3O4. The Kier molecular flexibility index (Phi) is 5.75. The molecule has 1 heterocycles. The Bertz CT molecular complexity index is 856. The molecule has 0 N–H and O–H groups in total. The fraction of sp³-hybridized carbons (Fsp3) is 0.278. The minimum absolute atomic E-state index is 0.0586. The zero-order chi connectivity index (χ0) is 19.4. The second-order valence-corrected chi connectivity index (χ2v) is 6.44. The lowest BCUT2D eigenvalue weighted by atomic mass is 10.2. The predicted molar refractivity (Wildman–Crippen MR) is 98.8 cm³/mol. The molecule has 2 aromatic carbocycles. The highest BCUT2D eigenvalue weighted by molar-refractivity contribution is 6.30. The second-order valence-electron chi connectivity index (χ2n) is 6.00. The number of hydrogen-bond acceptors (Lipinski definition) is 5. The lowest BCUT2D eigenvalue weighted by Crippen LogP contribution is -2.50.